The molecule has 0 unspecified atom stereocenters. The number of nitrogens with one attached hydrogen (secondary N) is 1. The quantitative estimate of drug-likeness (QED) is 0.792. The van der Waals surface area contributed by atoms with E-state index in [-0.39, 0.29) is 17.9 Å². The molecule has 0 aliphatic carbocycles. The maximum Gasteiger partial charge on any atom is 0.303 e. The van der Waals surface area contributed by atoms with Crippen molar-refractivity contribution in [3.63, 3.8) is 0 Å². The van der Waals surface area contributed by atoms with Crippen molar-refractivity contribution in [3.05, 3.63) is 46.2 Å². The molecule has 1 aromatic carbocycles. The van der Waals surface area contributed by atoms with Gasteiger partial charge < -0.3 is 15.0 Å². The van der Waals surface area contributed by atoms with Crippen LogP contribution in [0.5, 0.6) is 0 Å². The first-order valence-electron chi connectivity index (χ1n) is 7.09. The third-order valence-electron chi connectivity index (χ3n) is 3.50. The van der Waals surface area contributed by atoms with Crippen LogP contribution in [-0.2, 0) is 11.8 Å². The van der Waals surface area contributed by atoms with Gasteiger partial charge in [-0.1, -0.05) is 18.2 Å². The Balaban J connectivity index is 2.13. The summed E-state index contributed by atoms with van der Waals surface area (Å²) in [6.45, 7) is 0.385. The van der Waals surface area contributed by atoms with Gasteiger partial charge in [0.25, 0.3) is 11.5 Å². The van der Waals surface area contributed by atoms with Crippen molar-refractivity contribution in [2.45, 2.75) is 19.3 Å². The predicted octanol–water partition coefficient (Wildman–Crippen LogP) is 1.52. The molecule has 22 heavy (non-hydrogen) atoms. The van der Waals surface area contributed by atoms with Crippen molar-refractivity contribution >= 4 is 22.8 Å². The number of benzene rings is 1. The largest absolute Gasteiger partial charge is 0.481 e. The molecular formula is C16H18N2O4. The van der Waals surface area contributed by atoms with Gasteiger partial charge in [-0.2, -0.15) is 0 Å². The number of hydrogen-bond acceptors (Lipinski definition) is 3. The lowest BCUT2D eigenvalue weighted by molar-refractivity contribution is -0.137. The van der Waals surface area contributed by atoms with Crippen LogP contribution in [0.2, 0.25) is 0 Å². The SMILES string of the molecule is Cn1c(=O)cc(C(=O)NCCCCC(=O)O)c2ccccc21. The Hall–Kier alpha value is -2.63. The molecule has 0 atom stereocenters. The Labute approximate surface area is 127 Å². The van der Waals surface area contributed by atoms with Crippen LogP contribution in [0.3, 0.4) is 0 Å². The van der Waals surface area contributed by atoms with Crippen LogP contribution in [0, 0.1) is 0 Å². The molecule has 1 amide bonds. The van der Waals surface area contributed by atoms with E-state index < -0.39 is 5.97 Å². The summed E-state index contributed by atoms with van der Waals surface area (Å²) in [4.78, 5) is 34.6. The van der Waals surface area contributed by atoms with Gasteiger partial charge in [0, 0.05) is 31.5 Å². The van der Waals surface area contributed by atoms with Crippen LogP contribution in [-0.4, -0.2) is 28.1 Å². The van der Waals surface area contributed by atoms with Crippen LogP contribution in [0.25, 0.3) is 10.9 Å². The van der Waals surface area contributed by atoms with Crippen LogP contribution >= 0.6 is 0 Å². The van der Waals surface area contributed by atoms with E-state index in [1.54, 1.807) is 19.2 Å². The first kappa shape index (κ1) is 15.8. The van der Waals surface area contributed by atoms with Crippen LogP contribution in [0.4, 0.5) is 0 Å². The van der Waals surface area contributed by atoms with Gasteiger partial charge in [-0.3, -0.25) is 14.4 Å². The number of carboxylic acids is 1. The summed E-state index contributed by atoms with van der Waals surface area (Å²) < 4.78 is 1.50. The number of rotatable bonds is 6. The Kier molecular flexibility index (Phi) is 4.93. The average Bonchev–Trinajstić information content (AvgIpc) is 2.50. The zero-order chi connectivity index (χ0) is 16.1. The van der Waals surface area contributed by atoms with Gasteiger partial charge in [0.1, 0.15) is 0 Å². The molecule has 2 aromatic rings. The summed E-state index contributed by atoms with van der Waals surface area (Å²) in [6.07, 6.45) is 1.18. The molecule has 0 radical (unpaired) electrons. The number of aryl methyl sites for hydroxylation is 1. The lowest BCUT2D eigenvalue weighted by atomic mass is 10.1. The summed E-state index contributed by atoms with van der Waals surface area (Å²) >= 11 is 0. The Morgan fingerprint density at radius 1 is 1.23 bits per heavy atom. The van der Waals surface area contributed by atoms with Crippen molar-refractivity contribution in [1.82, 2.24) is 9.88 Å². The molecule has 0 fully saturated rings. The van der Waals surface area contributed by atoms with E-state index in [1.165, 1.54) is 10.6 Å². The zero-order valence-corrected chi connectivity index (χ0v) is 12.3. The number of unbranched alkanes of at least 4 members (excludes halogenated alkanes) is 1. The first-order valence-corrected chi connectivity index (χ1v) is 7.09. The number of aliphatic carboxylic acids is 1. The van der Waals surface area contributed by atoms with E-state index in [9.17, 15) is 14.4 Å². The van der Waals surface area contributed by atoms with Crippen LogP contribution < -0.4 is 10.9 Å². The van der Waals surface area contributed by atoms with Crippen molar-refractivity contribution in [3.8, 4) is 0 Å². The van der Waals surface area contributed by atoms with Gasteiger partial charge in [0.15, 0.2) is 0 Å². The highest BCUT2D eigenvalue weighted by Gasteiger charge is 2.12. The number of para-hydroxylation sites is 1. The van der Waals surface area contributed by atoms with Gasteiger partial charge >= 0.3 is 5.97 Å². The smallest absolute Gasteiger partial charge is 0.303 e. The molecule has 0 saturated carbocycles. The summed E-state index contributed by atoms with van der Waals surface area (Å²) in [5, 5.41) is 12.0. The van der Waals surface area contributed by atoms with Crippen molar-refractivity contribution < 1.29 is 14.7 Å². The van der Waals surface area contributed by atoms with E-state index in [2.05, 4.69) is 5.32 Å². The highest BCUT2D eigenvalue weighted by molar-refractivity contribution is 6.06. The minimum atomic E-state index is -0.844. The maximum absolute atomic E-state index is 12.2. The zero-order valence-electron chi connectivity index (χ0n) is 12.3. The minimum Gasteiger partial charge on any atom is -0.481 e. The molecule has 0 bridgehead atoms. The number of hydrogen-bond donors (Lipinski definition) is 2. The lowest BCUT2D eigenvalue weighted by Crippen LogP contribution is -2.27. The fourth-order valence-corrected chi connectivity index (χ4v) is 2.30. The van der Waals surface area contributed by atoms with Crippen molar-refractivity contribution in [2.75, 3.05) is 6.54 Å². The molecule has 0 saturated heterocycles. The second-order valence-corrected chi connectivity index (χ2v) is 5.08. The normalized spacial score (nSPS) is 10.6. The molecule has 116 valence electrons. The second-order valence-electron chi connectivity index (χ2n) is 5.08. The molecular weight excluding hydrogens is 284 g/mol. The number of fused-ring (bicyclic) bond motifs is 1. The van der Waals surface area contributed by atoms with E-state index in [4.69, 9.17) is 5.11 Å². The molecule has 0 spiro atoms. The highest BCUT2D eigenvalue weighted by Crippen LogP contribution is 2.16. The second kappa shape index (κ2) is 6.89. The molecule has 2 rings (SSSR count). The van der Waals surface area contributed by atoms with Gasteiger partial charge in [-0.15, -0.1) is 0 Å². The third kappa shape index (κ3) is 3.52. The van der Waals surface area contributed by atoms with E-state index in [0.717, 1.165) is 0 Å². The monoisotopic (exact) mass is 302 g/mol. The van der Waals surface area contributed by atoms with Crippen LogP contribution in [0.15, 0.2) is 35.1 Å². The molecule has 6 heteroatoms. The lowest BCUT2D eigenvalue weighted by Gasteiger charge is -2.10. The number of pyridine rings is 1. The predicted molar refractivity (Wildman–Crippen MR) is 83.0 cm³/mol. The first-order chi connectivity index (χ1) is 10.5. The topological polar surface area (TPSA) is 88.4 Å². The summed E-state index contributed by atoms with van der Waals surface area (Å²) in [5.74, 6) is -1.16. The summed E-state index contributed by atoms with van der Waals surface area (Å²) in [5.41, 5.74) is 0.803. The van der Waals surface area contributed by atoms with E-state index >= 15 is 0 Å². The third-order valence-corrected chi connectivity index (χ3v) is 3.50. The fourth-order valence-electron chi connectivity index (χ4n) is 2.30. The van der Waals surface area contributed by atoms with Gasteiger partial charge in [0.05, 0.1) is 11.1 Å². The fraction of sp³-hybridized carbons (Fsp3) is 0.312. The van der Waals surface area contributed by atoms with E-state index in [0.29, 0.717) is 35.9 Å². The Bertz CT molecular complexity index is 764. The van der Waals surface area contributed by atoms with Gasteiger partial charge in [0.2, 0.25) is 0 Å². The average molecular weight is 302 g/mol. The number of nitrogens with zero attached hydrogens (tertiary/aromatic N) is 1. The van der Waals surface area contributed by atoms with Crippen molar-refractivity contribution in [2.24, 2.45) is 7.05 Å². The molecule has 2 N–H and O–H groups in total. The number of aromatic nitrogens is 1. The van der Waals surface area contributed by atoms with Gasteiger partial charge in [-0.05, 0) is 18.9 Å². The molecule has 1 aromatic heterocycles. The molecule has 0 aliphatic heterocycles. The Morgan fingerprint density at radius 2 is 1.95 bits per heavy atom. The number of carbonyl (C=O) groups is 2. The molecule has 0 aliphatic rings. The van der Waals surface area contributed by atoms with Gasteiger partial charge in [-0.25, -0.2) is 0 Å². The molecule has 6 nitrogen and oxygen atoms in total. The maximum atomic E-state index is 12.2. The molecule has 1 heterocycles. The summed E-state index contributed by atoms with van der Waals surface area (Å²) in [7, 11) is 1.66. The minimum absolute atomic E-state index is 0.0880. The highest BCUT2D eigenvalue weighted by atomic mass is 16.4. The standard InChI is InChI=1S/C16H18N2O4/c1-18-13-7-3-2-6-11(13)12(10-14(18)19)16(22)17-9-5-4-8-15(20)21/h2-3,6-7,10H,4-5,8-9H2,1H3,(H,17,22)(H,20,21). The van der Waals surface area contributed by atoms with Crippen LogP contribution in [0.1, 0.15) is 29.6 Å². The van der Waals surface area contributed by atoms with Crippen molar-refractivity contribution in [1.29, 1.82) is 0 Å². The number of carbonyl (C=O) groups excluding carboxylic acids is 1. The summed E-state index contributed by atoms with van der Waals surface area (Å²) in [6, 6.07) is 8.55. The number of amides is 1. The Morgan fingerprint density at radius 3 is 2.68 bits per heavy atom. The number of carboxylic acid groups (broad SMARTS) is 1. The van der Waals surface area contributed by atoms with E-state index in [1.807, 2.05) is 12.1 Å².